The molecule has 0 aromatic heterocycles. The molecule has 0 bridgehead atoms. The summed E-state index contributed by atoms with van der Waals surface area (Å²) in [5, 5.41) is 8.85. The van der Waals surface area contributed by atoms with Gasteiger partial charge in [-0.05, 0) is 43.0 Å². The topological polar surface area (TPSA) is 55.8 Å². The predicted octanol–water partition coefficient (Wildman–Crippen LogP) is 2.48. The lowest BCUT2D eigenvalue weighted by Gasteiger charge is -2.15. The quantitative estimate of drug-likeness (QED) is 0.823. The van der Waals surface area contributed by atoms with Crippen molar-refractivity contribution in [3.8, 4) is 0 Å². The van der Waals surface area contributed by atoms with E-state index in [1.807, 2.05) is 32.9 Å². The van der Waals surface area contributed by atoms with Gasteiger partial charge < -0.3 is 14.6 Å². The lowest BCUT2D eigenvalue weighted by molar-refractivity contribution is -0.136. The number of rotatable bonds is 7. The Labute approximate surface area is 114 Å². The third kappa shape index (κ3) is 5.01. The third-order valence-electron chi connectivity index (χ3n) is 3.06. The van der Waals surface area contributed by atoms with Gasteiger partial charge in [0.15, 0.2) is 0 Å². The second-order valence-corrected chi connectivity index (χ2v) is 4.85. The molecule has 0 heterocycles. The summed E-state index contributed by atoms with van der Waals surface area (Å²) >= 11 is 0. The summed E-state index contributed by atoms with van der Waals surface area (Å²) in [7, 11) is 1.65. The van der Waals surface area contributed by atoms with Crippen LogP contribution < -0.4 is 0 Å². The van der Waals surface area contributed by atoms with E-state index >= 15 is 0 Å². The Morgan fingerprint density at radius 1 is 1.26 bits per heavy atom. The van der Waals surface area contributed by atoms with E-state index in [0.29, 0.717) is 13.2 Å². The molecule has 1 aromatic carbocycles. The number of hydrogen-bond donors (Lipinski definition) is 1. The highest BCUT2D eigenvalue weighted by molar-refractivity contribution is 5.71. The molecule has 0 fully saturated rings. The summed E-state index contributed by atoms with van der Waals surface area (Å²) in [5.41, 5.74) is 4.01. The number of carbonyl (C=O) groups is 1. The first kappa shape index (κ1) is 15.7. The van der Waals surface area contributed by atoms with Crippen LogP contribution in [0.25, 0.3) is 0 Å². The van der Waals surface area contributed by atoms with E-state index in [2.05, 4.69) is 0 Å². The van der Waals surface area contributed by atoms with Crippen molar-refractivity contribution in [2.24, 2.45) is 0 Å². The lowest BCUT2D eigenvalue weighted by atomic mass is 9.98. The first-order chi connectivity index (χ1) is 8.93. The van der Waals surface area contributed by atoms with E-state index in [9.17, 15) is 4.79 Å². The molecule has 1 rings (SSSR count). The van der Waals surface area contributed by atoms with Crippen molar-refractivity contribution in [3.63, 3.8) is 0 Å². The number of carboxylic acids is 1. The van der Waals surface area contributed by atoms with Gasteiger partial charge in [-0.1, -0.05) is 12.1 Å². The van der Waals surface area contributed by atoms with Crippen molar-refractivity contribution >= 4 is 5.97 Å². The van der Waals surface area contributed by atoms with E-state index < -0.39 is 5.97 Å². The molecule has 0 aliphatic rings. The number of hydrogen-bond acceptors (Lipinski definition) is 3. The molecule has 1 atom stereocenters. The Kier molecular flexibility index (Phi) is 5.99. The van der Waals surface area contributed by atoms with E-state index in [1.165, 1.54) is 0 Å². The second-order valence-electron chi connectivity index (χ2n) is 4.85. The summed E-state index contributed by atoms with van der Waals surface area (Å²) in [6, 6.07) is 3.94. The average molecular weight is 266 g/mol. The normalized spacial score (nSPS) is 12.4. The Bertz CT molecular complexity index is 440. The van der Waals surface area contributed by atoms with E-state index in [-0.39, 0.29) is 12.5 Å². The molecule has 0 spiro atoms. The van der Waals surface area contributed by atoms with Crippen LogP contribution in [-0.4, -0.2) is 30.9 Å². The van der Waals surface area contributed by atoms with Gasteiger partial charge in [-0.2, -0.15) is 0 Å². The minimum absolute atomic E-state index is 0.0448. The minimum Gasteiger partial charge on any atom is -0.481 e. The molecule has 1 N–H and O–H groups in total. The van der Waals surface area contributed by atoms with Crippen molar-refractivity contribution in [2.45, 2.75) is 39.9 Å². The molecule has 19 heavy (non-hydrogen) atoms. The van der Waals surface area contributed by atoms with Crippen LogP contribution in [0, 0.1) is 13.8 Å². The molecule has 0 aliphatic heterocycles. The van der Waals surface area contributed by atoms with Gasteiger partial charge in [-0.15, -0.1) is 0 Å². The van der Waals surface area contributed by atoms with Crippen molar-refractivity contribution in [1.82, 2.24) is 0 Å². The smallest absolute Gasteiger partial charge is 0.307 e. The lowest BCUT2D eigenvalue weighted by Crippen LogP contribution is -2.15. The molecule has 0 amide bonds. The fourth-order valence-electron chi connectivity index (χ4n) is 1.96. The zero-order valence-electron chi connectivity index (χ0n) is 12.0. The van der Waals surface area contributed by atoms with Crippen LogP contribution in [0.2, 0.25) is 0 Å². The molecular weight excluding hydrogens is 244 g/mol. The number of benzene rings is 1. The van der Waals surface area contributed by atoms with Crippen molar-refractivity contribution in [3.05, 3.63) is 34.4 Å². The summed E-state index contributed by atoms with van der Waals surface area (Å²) in [5.74, 6) is -0.805. The zero-order chi connectivity index (χ0) is 14.4. The summed E-state index contributed by atoms with van der Waals surface area (Å²) < 4.78 is 10.7. The van der Waals surface area contributed by atoms with Crippen LogP contribution in [-0.2, 0) is 27.3 Å². The maximum Gasteiger partial charge on any atom is 0.307 e. The Morgan fingerprint density at radius 3 is 2.42 bits per heavy atom. The number of aliphatic carboxylic acids is 1. The van der Waals surface area contributed by atoms with Crippen molar-refractivity contribution in [2.75, 3.05) is 13.7 Å². The van der Waals surface area contributed by atoms with E-state index in [4.69, 9.17) is 14.6 Å². The highest BCUT2D eigenvalue weighted by atomic mass is 16.5. The van der Waals surface area contributed by atoms with Gasteiger partial charge in [0.05, 0.1) is 25.7 Å². The molecule has 0 saturated carbocycles. The molecule has 0 saturated heterocycles. The third-order valence-corrected chi connectivity index (χ3v) is 3.06. The SMILES string of the molecule is COCC(C)OCc1cc(C)c(CC(=O)O)cc1C. The number of methoxy groups -OCH3 is 1. The fourth-order valence-corrected chi connectivity index (χ4v) is 1.96. The first-order valence-corrected chi connectivity index (χ1v) is 6.35. The van der Waals surface area contributed by atoms with Crippen LogP contribution in [0.4, 0.5) is 0 Å². The van der Waals surface area contributed by atoms with Crippen molar-refractivity contribution in [1.29, 1.82) is 0 Å². The summed E-state index contributed by atoms with van der Waals surface area (Å²) in [4.78, 5) is 10.8. The highest BCUT2D eigenvalue weighted by Gasteiger charge is 2.09. The average Bonchev–Trinajstić information content (AvgIpc) is 2.31. The molecule has 4 heteroatoms. The number of ether oxygens (including phenoxy) is 2. The maximum atomic E-state index is 10.8. The molecule has 4 nitrogen and oxygen atoms in total. The maximum absolute atomic E-state index is 10.8. The largest absolute Gasteiger partial charge is 0.481 e. The minimum atomic E-state index is -0.805. The second kappa shape index (κ2) is 7.26. The monoisotopic (exact) mass is 266 g/mol. The van der Waals surface area contributed by atoms with Gasteiger partial charge in [0.25, 0.3) is 0 Å². The van der Waals surface area contributed by atoms with Crippen LogP contribution in [0.5, 0.6) is 0 Å². The number of carboxylic acid groups (broad SMARTS) is 1. The van der Waals surface area contributed by atoms with Gasteiger partial charge in [0.2, 0.25) is 0 Å². The molecule has 0 radical (unpaired) electrons. The summed E-state index contributed by atoms with van der Waals surface area (Å²) in [6.07, 6.45) is 0.108. The van der Waals surface area contributed by atoms with Crippen LogP contribution >= 0.6 is 0 Å². The van der Waals surface area contributed by atoms with Crippen LogP contribution in [0.3, 0.4) is 0 Å². The van der Waals surface area contributed by atoms with Crippen LogP contribution in [0.1, 0.15) is 29.2 Å². The Hall–Kier alpha value is -1.39. The van der Waals surface area contributed by atoms with Gasteiger partial charge >= 0.3 is 5.97 Å². The molecule has 0 aliphatic carbocycles. The van der Waals surface area contributed by atoms with Gasteiger partial charge in [0.1, 0.15) is 0 Å². The molecular formula is C15H22O4. The van der Waals surface area contributed by atoms with E-state index in [0.717, 1.165) is 22.3 Å². The van der Waals surface area contributed by atoms with Gasteiger partial charge in [-0.25, -0.2) is 0 Å². The molecule has 1 aromatic rings. The predicted molar refractivity (Wildman–Crippen MR) is 73.4 cm³/mol. The van der Waals surface area contributed by atoms with Gasteiger partial charge in [0, 0.05) is 7.11 Å². The zero-order valence-corrected chi connectivity index (χ0v) is 12.0. The molecule has 106 valence electrons. The van der Waals surface area contributed by atoms with Crippen molar-refractivity contribution < 1.29 is 19.4 Å². The first-order valence-electron chi connectivity index (χ1n) is 6.35. The standard InChI is InChI=1S/C15H22O4/c1-10-6-14(9-19-12(3)8-18-4)11(2)5-13(10)7-15(16)17/h5-6,12H,7-9H2,1-4H3,(H,16,17). The van der Waals surface area contributed by atoms with Gasteiger partial charge in [-0.3, -0.25) is 4.79 Å². The van der Waals surface area contributed by atoms with E-state index in [1.54, 1.807) is 7.11 Å². The Balaban J connectivity index is 2.75. The van der Waals surface area contributed by atoms with Crippen LogP contribution in [0.15, 0.2) is 12.1 Å². The Morgan fingerprint density at radius 2 is 1.84 bits per heavy atom. The fraction of sp³-hybridized carbons (Fsp3) is 0.533. The summed E-state index contributed by atoms with van der Waals surface area (Å²) in [6.45, 7) is 6.95. The molecule has 1 unspecified atom stereocenters. The highest BCUT2D eigenvalue weighted by Crippen LogP contribution is 2.18. The number of aryl methyl sites for hydroxylation is 2.